The highest BCUT2D eigenvalue weighted by Gasteiger charge is 2.35. The number of halogens is 4. The third kappa shape index (κ3) is 6.61. The molecule has 2 aromatic rings. The maximum absolute atomic E-state index is 15.5. The number of β-amino-alcohol motifs (C(OH)–C–C–N with tert-alkyl or cyclic N) is 1. The number of anilines is 2. The summed E-state index contributed by atoms with van der Waals surface area (Å²) in [5.74, 6) is -1.28. The van der Waals surface area contributed by atoms with Crippen LogP contribution in [-0.4, -0.2) is 64.7 Å². The van der Waals surface area contributed by atoms with E-state index in [0.717, 1.165) is 18.9 Å². The smallest absolute Gasteiger partial charge is 0.391 e. The highest BCUT2D eigenvalue weighted by atomic mass is 19.4. The lowest BCUT2D eigenvalue weighted by molar-refractivity contribution is -0.138. The van der Waals surface area contributed by atoms with Gasteiger partial charge in [0.2, 0.25) is 11.7 Å². The van der Waals surface area contributed by atoms with Crippen LogP contribution in [0.5, 0.6) is 0 Å². The van der Waals surface area contributed by atoms with Crippen molar-refractivity contribution in [3.63, 3.8) is 0 Å². The van der Waals surface area contributed by atoms with Crippen molar-refractivity contribution < 1.29 is 27.5 Å². The number of aromatic nitrogens is 2. The summed E-state index contributed by atoms with van der Waals surface area (Å²) < 4.78 is 56.1. The quantitative estimate of drug-likeness (QED) is 0.422. The van der Waals surface area contributed by atoms with Gasteiger partial charge in [0, 0.05) is 32.1 Å². The molecule has 2 atom stereocenters. The maximum atomic E-state index is 15.5. The normalized spacial score (nSPS) is 20.8. The van der Waals surface area contributed by atoms with E-state index in [0.29, 0.717) is 19.5 Å². The van der Waals surface area contributed by atoms with E-state index in [1.807, 2.05) is 0 Å². The minimum atomic E-state index is -4.52. The minimum Gasteiger partial charge on any atom is -0.391 e. The Bertz CT molecular complexity index is 1070. The van der Waals surface area contributed by atoms with Crippen molar-refractivity contribution in [3.8, 4) is 0 Å². The zero-order valence-electron chi connectivity index (χ0n) is 19.7. The number of carbonyl (C=O) groups is 1. The third-order valence-corrected chi connectivity index (χ3v) is 6.65. The van der Waals surface area contributed by atoms with E-state index in [2.05, 4.69) is 15.3 Å². The van der Waals surface area contributed by atoms with Gasteiger partial charge in [-0.2, -0.15) is 17.6 Å². The summed E-state index contributed by atoms with van der Waals surface area (Å²) in [6.45, 7) is 1.39. The second-order valence-corrected chi connectivity index (χ2v) is 9.54. The molecular weight excluding hydrogens is 480 g/mol. The van der Waals surface area contributed by atoms with Crippen molar-refractivity contribution >= 4 is 17.5 Å². The zero-order chi connectivity index (χ0) is 25.9. The van der Waals surface area contributed by atoms with Gasteiger partial charge in [-0.3, -0.25) is 9.69 Å². The van der Waals surface area contributed by atoms with E-state index in [-0.39, 0.29) is 55.2 Å². The first kappa shape index (κ1) is 26.1. The number of hydrogen-bond acceptors (Lipinski definition) is 7. The minimum absolute atomic E-state index is 0.0454. The van der Waals surface area contributed by atoms with Crippen LogP contribution in [0.2, 0.25) is 0 Å². The molecule has 1 amide bonds. The number of nitrogens with one attached hydrogen (secondary N) is 1. The molecule has 1 aliphatic carbocycles. The molecule has 4 rings (SSSR count). The van der Waals surface area contributed by atoms with E-state index in [4.69, 9.17) is 5.73 Å². The summed E-state index contributed by atoms with van der Waals surface area (Å²) in [6.07, 6.45) is -1.64. The predicted octanol–water partition coefficient (Wildman–Crippen LogP) is 2.63. The Labute approximate surface area is 206 Å². The summed E-state index contributed by atoms with van der Waals surface area (Å²) in [4.78, 5) is 22.5. The largest absolute Gasteiger partial charge is 0.416 e. The molecule has 8 nitrogen and oxygen atoms in total. The molecule has 2 heterocycles. The molecular formula is C24H30F4N6O2. The Morgan fingerprint density at radius 3 is 2.64 bits per heavy atom. The Hall–Kier alpha value is -2.99. The predicted molar refractivity (Wildman–Crippen MR) is 125 cm³/mol. The van der Waals surface area contributed by atoms with Gasteiger partial charge in [-0.05, 0) is 43.4 Å². The number of aliphatic hydroxyl groups excluding tert-OH is 1. The second-order valence-electron chi connectivity index (χ2n) is 9.54. The Morgan fingerprint density at radius 2 is 1.97 bits per heavy atom. The van der Waals surface area contributed by atoms with E-state index in [1.165, 1.54) is 24.5 Å². The highest BCUT2D eigenvalue weighted by molar-refractivity contribution is 5.75. The molecule has 36 heavy (non-hydrogen) atoms. The van der Waals surface area contributed by atoms with E-state index in [9.17, 15) is 23.1 Å². The van der Waals surface area contributed by atoms with Crippen LogP contribution in [0.1, 0.15) is 30.4 Å². The molecule has 0 radical (unpaired) electrons. The van der Waals surface area contributed by atoms with E-state index < -0.39 is 29.6 Å². The number of likely N-dealkylation sites (tertiary alicyclic amines) is 1. The molecule has 1 saturated carbocycles. The van der Waals surface area contributed by atoms with Crippen molar-refractivity contribution in [2.24, 2.45) is 17.6 Å². The van der Waals surface area contributed by atoms with Gasteiger partial charge in [-0.25, -0.2) is 9.97 Å². The van der Waals surface area contributed by atoms with Crippen LogP contribution in [0.25, 0.3) is 0 Å². The van der Waals surface area contributed by atoms with Gasteiger partial charge in [0.05, 0.1) is 18.2 Å². The number of rotatable bonds is 10. The Kier molecular flexibility index (Phi) is 7.94. The number of nitrogens with zero attached hydrogens (tertiary/aromatic N) is 4. The molecule has 2 aliphatic rings. The summed E-state index contributed by atoms with van der Waals surface area (Å²) >= 11 is 0. The molecule has 1 aliphatic heterocycles. The van der Waals surface area contributed by atoms with Crippen LogP contribution in [0, 0.1) is 17.7 Å². The van der Waals surface area contributed by atoms with Gasteiger partial charge in [0.1, 0.15) is 6.33 Å². The van der Waals surface area contributed by atoms with Crippen molar-refractivity contribution in [1.82, 2.24) is 14.9 Å². The first-order valence-corrected chi connectivity index (χ1v) is 11.9. The summed E-state index contributed by atoms with van der Waals surface area (Å²) in [5, 5.41) is 13.4. The number of amides is 1. The van der Waals surface area contributed by atoms with Crippen molar-refractivity contribution in [1.29, 1.82) is 0 Å². The first-order valence-electron chi connectivity index (χ1n) is 11.9. The van der Waals surface area contributed by atoms with Crippen LogP contribution in [-0.2, 0) is 17.5 Å². The fourth-order valence-corrected chi connectivity index (χ4v) is 4.56. The number of hydrogen-bond donors (Lipinski definition) is 3. The fourth-order valence-electron chi connectivity index (χ4n) is 4.56. The molecule has 196 valence electrons. The monoisotopic (exact) mass is 510 g/mol. The third-order valence-electron chi connectivity index (χ3n) is 6.65. The van der Waals surface area contributed by atoms with Gasteiger partial charge in [-0.15, -0.1) is 0 Å². The molecule has 2 fully saturated rings. The lowest BCUT2D eigenvalue weighted by Gasteiger charge is -2.35. The number of primary amides is 1. The molecule has 0 bridgehead atoms. The lowest BCUT2D eigenvalue weighted by atomic mass is 9.93. The number of carbonyl (C=O) groups excluding carboxylic acids is 1. The maximum Gasteiger partial charge on any atom is 0.416 e. The number of nitrogens with two attached hydrogens (primary N) is 1. The summed E-state index contributed by atoms with van der Waals surface area (Å²) in [7, 11) is 0. The SMILES string of the molecule is NC(=O)CN1CC[C@@H](CNc2ncnc(N(Cc3ccccc3C(F)(F)F)CC3CC3)c2F)[C@H](O)C1. The first-order chi connectivity index (χ1) is 17.1. The number of piperidine rings is 1. The molecule has 1 aromatic heterocycles. The summed E-state index contributed by atoms with van der Waals surface area (Å²) in [6, 6.07) is 5.28. The second kappa shape index (κ2) is 11.0. The number of benzene rings is 1. The van der Waals surface area contributed by atoms with Crippen LogP contribution in [0.4, 0.5) is 29.2 Å². The van der Waals surface area contributed by atoms with Crippen molar-refractivity contribution in [2.75, 3.05) is 42.9 Å². The lowest BCUT2D eigenvalue weighted by Crippen LogP contribution is -2.48. The Morgan fingerprint density at radius 1 is 1.22 bits per heavy atom. The van der Waals surface area contributed by atoms with Crippen LogP contribution < -0.4 is 16.0 Å². The fraction of sp³-hybridized carbons (Fsp3) is 0.542. The van der Waals surface area contributed by atoms with Crippen LogP contribution in [0.15, 0.2) is 30.6 Å². The van der Waals surface area contributed by atoms with E-state index in [1.54, 1.807) is 9.80 Å². The average molecular weight is 511 g/mol. The van der Waals surface area contributed by atoms with Gasteiger partial charge >= 0.3 is 6.18 Å². The van der Waals surface area contributed by atoms with Crippen molar-refractivity contribution in [2.45, 2.75) is 38.1 Å². The van der Waals surface area contributed by atoms with Crippen LogP contribution in [0.3, 0.4) is 0 Å². The molecule has 4 N–H and O–H groups in total. The van der Waals surface area contributed by atoms with Crippen LogP contribution >= 0.6 is 0 Å². The highest BCUT2D eigenvalue weighted by Crippen LogP contribution is 2.36. The molecule has 0 spiro atoms. The average Bonchev–Trinajstić information content (AvgIpc) is 3.62. The van der Waals surface area contributed by atoms with E-state index >= 15 is 4.39 Å². The van der Waals surface area contributed by atoms with Gasteiger partial charge in [0.25, 0.3) is 0 Å². The summed E-state index contributed by atoms with van der Waals surface area (Å²) in [5.41, 5.74) is 4.51. The van der Waals surface area contributed by atoms with Crippen molar-refractivity contribution in [3.05, 3.63) is 47.5 Å². The zero-order valence-corrected chi connectivity index (χ0v) is 19.7. The topological polar surface area (TPSA) is 108 Å². The van der Waals surface area contributed by atoms with Gasteiger partial charge in [0.15, 0.2) is 11.6 Å². The standard InChI is InChI=1S/C24H30F4N6O2/c25-21-22(30-9-16-7-8-33(12-19(16)35)13-20(29)36)31-14-32-23(21)34(10-15-5-6-15)11-17-3-1-2-4-18(17)24(26,27)28/h1-4,14-16,19,35H,5-13H2,(H2,29,36)(H,30,31,32)/t16-,19+/m0/s1. The number of alkyl halides is 3. The number of aliphatic hydroxyl groups is 1. The van der Waals surface area contributed by atoms with Gasteiger partial charge < -0.3 is 21.1 Å². The Balaban J connectivity index is 1.48. The molecule has 1 saturated heterocycles. The molecule has 12 heteroatoms. The molecule has 0 unspecified atom stereocenters. The molecule has 1 aromatic carbocycles. The van der Waals surface area contributed by atoms with Gasteiger partial charge in [-0.1, -0.05) is 18.2 Å².